The fraction of sp³-hybridized carbons (Fsp3) is 0.400. The Morgan fingerprint density at radius 3 is 2.70 bits per heavy atom. The highest BCUT2D eigenvalue weighted by Crippen LogP contribution is 2.24. The lowest BCUT2D eigenvalue weighted by molar-refractivity contribution is 0.0922. The molecule has 1 aromatic carbocycles. The topological polar surface area (TPSA) is 62.7 Å². The fourth-order valence-electron chi connectivity index (χ4n) is 2.29. The summed E-state index contributed by atoms with van der Waals surface area (Å²) in [6.45, 7) is 6.66. The first-order valence-electron chi connectivity index (χ1n) is 7.26. The molecule has 23 heavy (non-hydrogen) atoms. The molecule has 8 heteroatoms. The summed E-state index contributed by atoms with van der Waals surface area (Å²) in [5.41, 5.74) is 0.374. The minimum absolute atomic E-state index is 0.125. The quantitative estimate of drug-likeness (QED) is 0.764. The van der Waals surface area contributed by atoms with Crippen LogP contribution in [0, 0.1) is 10.7 Å². The van der Waals surface area contributed by atoms with Gasteiger partial charge in [0.05, 0.1) is 16.6 Å². The molecule has 0 aliphatic carbocycles. The van der Waals surface area contributed by atoms with Crippen LogP contribution in [-0.4, -0.2) is 20.7 Å². The van der Waals surface area contributed by atoms with Crippen molar-refractivity contribution < 1.29 is 4.79 Å². The molecular formula is C15H18Cl2N4OS. The van der Waals surface area contributed by atoms with Gasteiger partial charge < -0.3 is 9.88 Å². The first kappa shape index (κ1) is 18.0. The predicted molar refractivity (Wildman–Crippen MR) is 94.6 cm³/mol. The molecule has 2 aromatic rings. The first-order valence-corrected chi connectivity index (χ1v) is 8.42. The highest BCUT2D eigenvalue weighted by molar-refractivity contribution is 7.71. The first-order chi connectivity index (χ1) is 10.8. The molecule has 0 saturated carbocycles. The number of carbonyl (C=O) groups excluding carboxylic acids is 1. The van der Waals surface area contributed by atoms with Gasteiger partial charge in [-0.15, -0.1) is 0 Å². The number of hydrogen-bond donors (Lipinski definition) is 2. The van der Waals surface area contributed by atoms with Crippen LogP contribution < -0.4 is 5.32 Å². The standard InChI is InChI=1S/C15H18Cl2N4OS/c1-4-21-13(19-20-15(21)23)12(8(2)3)18-14(22)10-6-5-9(16)7-11(10)17/h5-8,12H,4H2,1-3H3,(H,18,22)(H,20,23)/t12-/m1/s1. The summed E-state index contributed by atoms with van der Waals surface area (Å²) in [5, 5.41) is 10.8. The zero-order chi connectivity index (χ0) is 17.1. The van der Waals surface area contributed by atoms with Crippen molar-refractivity contribution in [1.82, 2.24) is 20.1 Å². The van der Waals surface area contributed by atoms with E-state index in [4.69, 9.17) is 35.4 Å². The summed E-state index contributed by atoms with van der Waals surface area (Å²) < 4.78 is 2.40. The van der Waals surface area contributed by atoms with E-state index >= 15 is 0 Å². The molecule has 0 unspecified atom stereocenters. The van der Waals surface area contributed by atoms with E-state index in [0.29, 0.717) is 32.7 Å². The van der Waals surface area contributed by atoms with Crippen LogP contribution in [0.4, 0.5) is 0 Å². The molecule has 0 aliphatic rings. The van der Waals surface area contributed by atoms with Gasteiger partial charge in [-0.05, 0) is 43.3 Å². The van der Waals surface area contributed by atoms with Crippen LogP contribution in [0.2, 0.25) is 10.0 Å². The largest absolute Gasteiger partial charge is 0.342 e. The second-order valence-corrected chi connectivity index (χ2v) is 6.68. The number of benzene rings is 1. The maximum Gasteiger partial charge on any atom is 0.253 e. The minimum Gasteiger partial charge on any atom is -0.342 e. The van der Waals surface area contributed by atoms with E-state index in [9.17, 15) is 4.79 Å². The number of halogens is 2. The van der Waals surface area contributed by atoms with Crippen LogP contribution in [0.3, 0.4) is 0 Å². The number of nitrogens with zero attached hydrogens (tertiary/aromatic N) is 2. The van der Waals surface area contributed by atoms with E-state index in [1.807, 2.05) is 25.3 Å². The van der Waals surface area contributed by atoms with Crippen LogP contribution >= 0.6 is 35.4 Å². The number of carbonyl (C=O) groups is 1. The maximum absolute atomic E-state index is 12.6. The second-order valence-electron chi connectivity index (χ2n) is 5.45. The van der Waals surface area contributed by atoms with Crippen LogP contribution in [0.1, 0.15) is 43.0 Å². The Morgan fingerprint density at radius 1 is 1.43 bits per heavy atom. The van der Waals surface area contributed by atoms with Gasteiger partial charge in [-0.2, -0.15) is 5.10 Å². The molecule has 2 rings (SSSR count). The summed E-state index contributed by atoms with van der Waals surface area (Å²) >= 11 is 17.2. The van der Waals surface area contributed by atoms with Gasteiger partial charge in [-0.1, -0.05) is 37.0 Å². The van der Waals surface area contributed by atoms with Gasteiger partial charge in [-0.25, -0.2) is 0 Å². The van der Waals surface area contributed by atoms with Crippen molar-refractivity contribution in [2.24, 2.45) is 5.92 Å². The van der Waals surface area contributed by atoms with E-state index in [2.05, 4.69) is 15.5 Å². The molecule has 0 saturated heterocycles. The van der Waals surface area contributed by atoms with E-state index in [1.54, 1.807) is 18.2 Å². The number of amides is 1. The van der Waals surface area contributed by atoms with Gasteiger partial charge in [0.15, 0.2) is 10.6 Å². The lowest BCUT2D eigenvalue weighted by atomic mass is 10.0. The number of nitrogens with one attached hydrogen (secondary N) is 2. The average molecular weight is 373 g/mol. The van der Waals surface area contributed by atoms with Gasteiger partial charge in [0.1, 0.15) is 0 Å². The Balaban J connectivity index is 2.33. The van der Waals surface area contributed by atoms with Crippen LogP contribution in [0.5, 0.6) is 0 Å². The highest BCUT2D eigenvalue weighted by atomic mass is 35.5. The van der Waals surface area contributed by atoms with Gasteiger partial charge in [0, 0.05) is 11.6 Å². The van der Waals surface area contributed by atoms with Gasteiger partial charge in [-0.3, -0.25) is 9.89 Å². The third kappa shape index (κ3) is 3.94. The minimum atomic E-state index is -0.290. The SMILES string of the molecule is CCn1c([C@H](NC(=O)c2ccc(Cl)cc2Cl)C(C)C)n[nH]c1=S. The third-order valence-corrected chi connectivity index (χ3v) is 4.37. The summed E-state index contributed by atoms with van der Waals surface area (Å²) in [6.07, 6.45) is 0. The van der Waals surface area contributed by atoms with Crippen molar-refractivity contribution in [2.75, 3.05) is 0 Å². The highest BCUT2D eigenvalue weighted by Gasteiger charge is 2.25. The number of aromatic nitrogens is 3. The summed E-state index contributed by atoms with van der Waals surface area (Å²) in [6, 6.07) is 4.50. The fourth-order valence-corrected chi connectivity index (χ4v) is 3.06. The molecule has 2 N–H and O–H groups in total. The van der Waals surface area contributed by atoms with Crippen molar-refractivity contribution >= 4 is 41.3 Å². The van der Waals surface area contributed by atoms with Crippen molar-refractivity contribution in [3.63, 3.8) is 0 Å². The lowest BCUT2D eigenvalue weighted by Gasteiger charge is -2.22. The number of hydrogen-bond acceptors (Lipinski definition) is 3. The van der Waals surface area contributed by atoms with Gasteiger partial charge >= 0.3 is 0 Å². The molecule has 0 radical (unpaired) electrons. The zero-order valence-electron chi connectivity index (χ0n) is 13.1. The Morgan fingerprint density at radius 2 is 2.13 bits per heavy atom. The monoisotopic (exact) mass is 372 g/mol. The summed E-state index contributed by atoms with van der Waals surface area (Å²) in [5.74, 6) is 0.549. The van der Waals surface area contributed by atoms with E-state index < -0.39 is 0 Å². The zero-order valence-corrected chi connectivity index (χ0v) is 15.4. The maximum atomic E-state index is 12.6. The molecule has 5 nitrogen and oxygen atoms in total. The molecule has 1 amide bonds. The lowest BCUT2D eigenvalue weighted by Crippen LogP contribution is -2.34. The van der Waals surface area contributed by atoms with Crippen LogP contribution in [0.25, 0.3) is 0 Å². The van der Waals surface area contributed by atoms with Gasteiger partial charge in [0.2, 0.25) is 0 Å². The Kier molecular flexibility index (Phi) is 5.84. The predicted octanol–water partition coefficient (Wildman–Crippen LogP) is 4.39. The van der Waals surface area contributed by atoms with E-state index in [-0.39, 0.29) is 17.9 Å². The molecule has 1 aromatic heterocycles. The molecule has 1 atom stereocenters. The Labute approximate surface area is 150 Å². The van der Waals surface area contributed by atoms with Crippen molar-refractivity contribution in [3.8, 4) is 0 Å². The van der Waals surface area contributed by atoms with E-state index in [0.717, 1.165) is 0 Å². The Hall–Kier alpha value is -1.37. The second kappa shape index (κ2) is 7.47. The summed E-state index contributed by atoms with van der Waals surface area (Å²) in [7, 11) is 0. The number of aromatic amines is 1. The van der Waals surface area contributed by atoms with Crippen LogP contribution in [-0.2, 0) is 6.54 Å². The van der Waals surface area contributed by atoms with Crippen molar-refractivity contribution in [1.29, 1.82) is 0 Å². The number of rotatable bonds is 5. The molecule has 0 fully saturated rings. The molecule has 124 valence electrons. The van der Waals surface area contributed by atoms with Crippen LogP contribution in [0.15, 0.2) is 18.2 Å². The van der Waals surface area contributed by atoms with Gasteiger partial charge in [0.25, 0.3) is 5.91 Å². The Bertz CT molecular complexity index is 769. The molecule has 0 bridgehead atoms. The third-order valence-electron chi connectivity index (χ3n) is 3.51. The normalized spacial score (nSPS) is 12.4. The summed E-state index contributed by atoms with van der Waals surface area (Å²) in [4.78, 5) is 12.6. The molecule has 0 spiro atoms. The smallest absolute Gasteiger partial charge is 0.253 e. The van der Waals surface area contributed by atoms with Crippen molar-refractivity contribution in [3.05, 3.63) is 44.4 Å². The molecule has 0 aliphatic heterocycles. The number of H-pyrrole nitrogens is 1. The van der Waals surface area contributed by atoms with Crippen molar-refractivity contribution in [2.45, 2.75) is 33.4 Å². The average Bonchev–Trinajstić information content (AvgIpc) is 2.84. The molecule has 1 heterocycles. The van der Waals surface area contributed by atoms with E-state index in [1.165, 1.54) is 0 Å². The molecular weight excluding hydrogens is 355 g/mol.